The number of amides is 1. The van der Waals surface area contributed by atoms with Crippen LogP contribution < -0.4 is 16.0 Å². The van der Waals surface area contributed by atoms with Crippen LogP contribution in [0.4, 0.5) is 17.6 Å². The number of nitrogens with two attached hydrogens (primary N) is 1. The van der Waals surface area contributed by atoms with E-state index in [-0.39, 0.29) is 11.9 Å². The highest BCUT2D eigenvalue weighted by molar-refractivity contribution is 5.77. The molecule has 1 fully saturated rings. The van der Waals surface area contributed by atoms with E-state index >= 15 is 0 Å². The molecule has 1 aliphatic heterocycles. The Kier molecular flexibility index (Phi) is 6.15. The predicted octanol–water partition coefficient (Wildman–Crippen LogP) is -0.621. The largest absolute Gasteiger partial charge is 0.378 e. The summed E-state index contributed by atoms with van der Waals surface area (Å²) in [5.74, 6) is 1.21. The van der Waals surface area contributed by atoms with Crippen molar-refractivity contribution in [3.8, 4) is 0 Å². The van der Waals surface area contributed by atoms with Crippen molar-refractivity contribution in [2.45, 2.75) is 13.5 Å². The number of carbonyl (C=O) groups excluding carboxylic acids is 1. The maximum absolute atomic E-state index is 12.4. The molecule has 1 amide bonds. The molecule has 1 aromatic heterocycles. The average Bonchev–Trinajstić information content (AvgIpc) is 2.64. The van der Waals surface area contributed by atoms with E-state index in [0.717, 1.165) is 16.2 Å². The van der Waals surface area contributed by atoms with Gasteiger partial charge in [0.05, 0.1) is 20.3 Å². The van der Waals surface area contributed by atoms with Crippen LogP contribution in [0.25, 0.3) is 0 Å². The summed E-state index contributed by atoms with van der Waals surface area (Å²) in [5, 5.41) is 3.18. The maximum Gasteiger partial charge on any atom is 0.277 e. The lowest BCUT2D eigenvalue weighted by Gasteiger charge is -2.27. The van der Waals surface area contributed by atoms with Crippen LogP contribution in [-0.4, -0.2) is 65.7 Å². The van der Waals surface area contributed by atoms with Crippen LogP contribution >= 0.6 is 0 Å². The minimum absolute atomic E-state index is 0.107. The lowest BCUT2D eigenvalue weighted by Crippen LogP contribution is -3.09. The van der Waals surface area contributed by atoms with Gasteiger partial charge in [0.25, 0.3) is 5.91 Å². The second kappa shape index (κ2) is 8.74. The molecular formula is C18H26N7O2+. The number of benzene rings is 1. The molecule has 27 heavy (non-hydrogen) atoms. The minimum Gasteiger partial charge on any atom is -0.378 e. The smallest absolute Gasteiger partial charge is 0.277 e. The molecule has 1 unspecified atom stereocenters. The van der Waals surface area contributed by atoms with Crippen LogP contribution in [0, 0.1) is 6.92 Å². The number of hydrogen-bond acceptors (Lipinski definition) is 7. The molecule has 2 aromatic rings. The summed E-state index contributed by atoms with van der Waals surface area (Å²) >= 11 is 0. The Morgan fingerprint density at radius 2 is 2.00 bits per heavy atom. The van der Waals surface area contributed by atoms with Gasteiger partial charge in [-0.1, -0.05) is 18.2 Å². The first-order chi connectivity index (χ1) is 13.0. The number of rotatable bonds is 6. The fourth-order valence-corrected chi connectivity index (χ4v) is 2.92. The summed E-state index contributed by atoms with van der Waals surface area (Å²) in [5.41, 5.74) is 7.84. The van der Waals surface area contributed by atoms with E-state index in [1.807, 2.05) is 43.1 Å². The van der Waals surface area contributed by atoms with Crippen LogP contribution in [0.15, 0.2) is 24.3 Å². The Bertz CT molecular complexity index is 793. The molecule has 0 spiro atoms. The van der Waals surface area contributed by atoms with Crippen LogP contribution in [-0.2, 0) is 16.1 Å². The zero-order valence-electron chi connectivity index (χ0n) is 15.7. The standard InChI is InChI=1S/C18H25N7O2/c1-13-5-3-4-6-14(13)20-18-22-15(21-17(19)23-18)11-24(2)12-16(26)25-7-9-27-10-8-25/h3-6H,7-12H2,1-2H3,(H3,19,20,21,22,23)/p+1. The molecule has 0 saturated carbocycles. The van der Waals surface area contributed by atoms with E-state index in [2.05, 4.69) is 20.3 Å². The first kappa shape index (κ1) is 19.0. The molecule has 1 saturated heterocycles. The van der Waals surface area contributed by atoms with Crippen molar-refractivity contribution in [3.63, 3.8) is 0 Å². The lowest BCUT2D eigenvalue weighted by molar-refractivity contribution is -0.886. The van der Waals surface area contributed by atoms with Crippen molar-refractivity contribution in [1.82, 2.24) is 19.9 Å². The summed E-state index contributed by atoms with van der Waals surface area (Å²) in [6, 6.07) is 7.86. The molecule has 144 valence electrons. The number of hydrogen-bond donors (Lipinski definition) is 3. The van der Waals surface area contributed by atoms with Crippen molar-refractivity contribution in [2.24, 2.45) is 0 Å². The Hall–Kier alpha value is -2.78. The molecule has 3 rings (SSSR count). The summed E-state index contributed by atoms with van der Waals surface area (Å²) in [6.07, 6.45) is 0. The molecular weight excluding hydrogens is 346 g/mol. The zero-order chi connectivity index (χ0) is 19.2. The third kappa shape index (κ3) is 5.35. The number of nitrogens with one attached hydrogen (secondary N) is 2. The van der Waals surface area contributed by atoms with E-state index in [1.54, 1.807) is 0 Å². The predicted molar refractivity (Wildman–Crippen MR) is 102 cm³/mol. The highest BCUT2D eigenvalue weighted by atomic mass is 16.5. The summed E-state index contributed by atoms with van der Waals surface area (Å²) in [4.78, 5) is 28.0. The molecule has 2 heterocycles. The van der Waals surface area contributed by atoms with Gasteiger partial charge < -0.3 is 25.6 Å². The molecule has 1 aliphatic rings. The second-order valence-electron chi connectivity index (χ2n) is 6.68. The number of morpholine rings is 1. The van der Waals surface area contributed by atoms with E-state index in [9.17, 15) is 4.79 Å². The van der Waals surface area contributed by atoms with Gasteiger partial charge in [-0.2, -0.15) is 15.0 Å². The van der Waals surface area contributed by atoms with Gasteiger partial charge >= 0.3 is 0 Å². The van der Waals surface area contributed by atoms with Crippen LogP contribution in [0.5, 0.6) is 0 Å². The third-order valence-corrected chi connectivity index (χ3v) is 4.37. The van der Waals surface area contributed by atoms with Crippen molar-refractivity contribution in [2.75, 3.05) is 50.9 Å². The highest BCUT2D eigenvalue weighted by Gasteiger charge is 2.21. The number of para-hydroxylation sites is 1. The average molecular weight is 372 g/mol. The molecule has 0 radical (unpaired) electrons. The second-order valence-corrected chi connectivity index (χ2v) is 6.68. The fourth-order valence-electron chi connectivity index (χ4n) is 2.92. The van der Waals surface area contributed by atoms with E-state index in [0.29, 0.717) is 51.2 Å². The van der Waals surface area contributed by atoms with Gasteiger partial charge in [-0.05, 0) is 18.6 Å². The van der Waals surface area contributed by atoms with Crippen molar-refractivity contribution < 1.29 is 14.4 Å². The first-order valence-corrected chi connectivity index (χ1v) is 9.01. The topological polar surface area (TPSA) is 111 Å². The number of quaternary nitrogens is 1. The zero-order valence-corrected chi connectivity index (χ0v) is 15.7. The number of aryl methyl sites for hydroxylation is 1. The van der Waals surface area contributed by atoms with Gasteiger partial charge in [-0.3, -0.25) is 4.79 Å². The molecule has 0 bridgehead atoms. The van der Waals surface area contributed by atoms with Crippen molar-refractivity contribution in [3.05, 3.63) is 35.7 Å². The maximum atomic E-state index is 12.4. The number of nitrogens with zero attached hydrogens (tertiary/aromatic N) is 4. The molecule has 1 aromatic carbocycles. The van der Waals surface area contributed by atoms with Crippen LogP contribution in [0.3, 0.4) is 0 Å². The first-order valence-electron chi connectivity index (χ1n) is 9.01. The number of likely N-dealkylation sites (N-methyl/N-ethyl adjacent to an activating group) is 1. The highest BCUT2D eigenvalue weighted by Crippen LogP contribution is 2.17. The van der Waals surface area contributed by atoms with Gasteiger partial charge in [0.1, 0.15) is 6.54 Å². The molecule has 4 N–H and O–H groups in total. The Labute approximate surface area is 158 Å². The fraction of sp³-hybridized carbons (Fsp3) is 0.444. The van der Waals surface area contributed by atoms with Gasteiger partial charge in [0.2, 0.25) is 11.9 Å². The number of aromatic nitrogens is 3. The van der Waals surface area contributed by atoms with Crippen molar-refractivity contribution in [1.29, 1.82) is 0 Å². The molecule has 9 heteroatoms. The molecule has 9 nitrogen and oxygen atoms in total. The minimum atomic E-state index is 0.107. The van der Waals surface area contributed by atoms with Gasteiger partial charge in [0.15, 0.2) is 12.4 Å². The number of anilines is 3. The molecule has 0 aliphatic carbocycles. The summed E-state index contributed by atoms with van der Waals surface area (Å²) < 4.78 is 5.29. The quantitative estimate of drug-likeness (QED) is 0.620. The van der Waals surface area contributed by atoms with E-state index in [4.69, 9.17) is 10.5 Å². The third-order valence-electron chi connectivity index (χ3n) is 4.37. The Morgan fingerprint density at radius 1 is 1.26 bits per heavy atom. The van der Waals surface area contributed by atoms with Crippen LogP contribution in [0.2, 0.25) is 0 Å². The van der Waals surface area contributed by atoms with Gasteiger partial charge in [0, 0.05) is 18.8 Å². The monoisotopic (exact) mass is 372 g/mol. The SMILES string of the molecule is Cc1ccccc1Nc1nc(N)nc(C[NH+](C)CC(=O)N2CCOCC2)n1. The summed E-state index contributed by atoms with van der Waals surface area (Å²) in [7, 11) is 1.94. The van der Waals surface area contributed by atoms with Crippen molar-refractivity contribution >= 4 is 23.5 Å². The van der Waals surface area contributed by atoms with Gasteiger partial charge in [-0.15, -0.1) is 0 Å². The number of carbonyl (C=O) groups is 1. The van der Waals surface area contributed by atoms with Gasteiger partial charge in [-0.25, -0.2) is 0 Å². The lowest BCUT2D eigenvalue weighted by atomic mass is 10.2. The number of nitrogen functional groups attached to an aromatic ring is 1. The number of ether oxygens (including phenoxy) is 1. The summed E-state index contributed by atoms with van der Waals surface area (Å²) in [6.45, 7) is 5.34. The van der Waals surface area contributed by atoms with E-state index < -0.39 is 0 Å². The Morgan fingerprint density at radius 3 is 2.74 bits per heavy atom. The Balaban J connectivity index is 1.63. The van der Waals surface area contributed by atoms with E-state index in [1.165, 1.54) is 0 Å². The molecule has 1 atom stereocenters. The normalized spacial score (nSPS) is 15.4. The van der Waals surface area contributed by atoms with Crippen LogP contribution in [0.1, 0.15) is 11.4 Å².